The highest BCUT2D eigenvalue weighted by Gasteiger charge is 2.32. The lowest BCUT2D eigenvalue weighted by atomic mass is 10.1. The molecule has 0 spiro atoms. The van der Waals surface area contributed by atoms with Crippen LogP contribution in [0, 0.1) is 17.0 Å². The molecule has 1 heterocycles. The monoisotopic (exact) mass is 250 g/mol. The first-order chi connectivity index (χ1) is 8.50. The standard InChI is InChI=1S/C12H14N2O4/c1-8-4-5-9(14(17)18)7-11(8)13-6-2-3-10(13)12(15)16/h4-5,7,10H,2-3,6H2,1H3,(H,15,16). The van der Waals surface area contributed by atoms with E-state index in [4.69, 9.17) is 5.11 Å². The highest BCUT2D eigenvalue weighted by molar-refractivity contribution is 5.80. The molecular formula is C12H14N2O4. The van der Waals surface area contributed by atoms with Crippen molar-refractivity contribution in [3.8, 4) is 0 Å². The van der Waals surface area contributed by atoms with Gasteiger partial charge in [-0.15, -0.1) is 0 Å². The summed E-state index contributed by atoms with van der Waals surface area (Å²) in [5, 5.41) is 19.9. The molecule has 96 valence electrons. The third-order valence-corrected chi connectivity index (χ3v) is 3.25. The van der Waals surface area contributed by atoms with Crippen LogP contribution in [-0.2, 0) is 4.79 Å². The molecule has 0 amide bonds. The van der Waals surface area contributed by atoms with E-state index in [1.165, 1.54) is 12.1 Å². The number of hydrogen-bond acceptors (Lipinski definition) is 4. The summed E-state index contributed by atoms with van der Waals surface area (Å²) in [5.41, 5.74) is 1.49. The molecule has 1 aromatic rings. The number of carboxylic acid groups (broad SMARTS) is 1. The number of nitro benzene ring substituents is 1. The molecule has 1 atom stereocenters. The smallest absolute Gasteiger partial charge is 0.326 e. The predicted octanol–water partition coefficient (Wildman–Crippen LogP) is 1.96. The van der Waals surface area contributed by atoms with Gasteiger partial charge in [0.2, 0.25) is 0 Å². The maximum absolute atomic E-state index is 11.1. The molecule has 1 aliphatic rings. The molecule has 0 bridgehead atoms. The van der Waals surface area contributed by atoms with E-state index in [0.717, 1.165) is 12.0 Å². The van der Waals surface area contributed by atoms with Crippen LogP contribution in [0.25, 0.3) is 0 Å². The minimum Gasteiger partial charge on any atom is -0.480 e. The number of nitro groups is 1. The lowest BCUT2D eigenvalue weighted by molar-refractivity contribution is -0.384. The zero-order valence-corrected chi connectivity index (χ0v) is 10.00. The van der Waals surface area contributed by atoms with Crippen LogP contribution in [0.4, 0.5) is 11.4 Å². The average molecular weight is 250 g/mol. The quantitative estimate of drug-likeness (QED) is 0.654. The Bertz CT molecular complexity index is 501. The van der Waals surface area contributed by atoms with Crippen molar-refractivity contribution in [2.24, 2.45) is 0 Å². The van der Waals surface area contributed by atoms with Gasteiger partial charge < -0.3 is 10.0 Å². The van der Waals surface area contributed by atoms with Crippen LogP contribution in [0.15, 0.2) is 18.2 Å². The Morgan fingerprint density at radius 2 is 2.28 bits per heavy atom. The van der Waals surface area contributed by atoms with Crippen molar-refractivity contribution >= 4 is 17.3 Å². The molecule has 2 rings (SSSR count). The minimum atomic E-state index is -0.876. The summed E-state index contributed by atoms with van der Waals surface area (Å²) in [4.78, 5) is 23.2. The van der Waals surface area contributed by atoms with Gasteiger partial charge in [-0.1, -0.05) is 6.07 Å². The first-order valence-electron chi connectivity index (χ1n) is 5.75. The van der Waals surface area contributed by atoms with Gasteiger partial charge in [0.1, 0.15) is 6.04 Å². The summed E-state index contributed by atoms with van der Waals surface area (Å²) in [6, 6.07) is 3.97. The molecule has 0 radical (unpaired) electrons. The summed E-state index contributed by atoms with van der Waals surface area (Å²) < 4.78 is 0. The van der Waals surface area contributed by atoms with Crippen LogP contribution >= 0.6 is 0 Å². The Kier molecular flexibility index (Phi) is 3.18. The highest BCUT2D eigenvalue weighted by Crippen LogP contribution is 2.31. The van der Waals surface area contributed by atoms with Crippen molar-refractivity contribution in [2.75, 3.05) is 11.4 Å². The van der Waals surface area contributed by atoms with Gasteiger partial charge in [-0.05, 0) is 25.3 Å². The van der Waals surface area contributed by atoms with E-state index in [0.29, 0.717) is 18.7 Å². The molecule has 1 aliphatic heterocycles. The number of anilines is 1. The number of carbonyl (C=O) groups is 1. The molecule has 0 aliphatic carbocycles. The van der Waals surface area contributed by atoms with Crippen LogP contribution in [0.3, 0.4) is 0 Å². The van der Waals surface area contributed by atoms with Gasteiger partial charge in [0.15, 0.2) is 0 Å². The third-order valence-electron chi connectivity index (χ3n) is 3.25. The Hall–Kier alpha value is -2.11. The van der Waals surface area contributed by atoms with Gasteiger partial charge >= 0.3 is 5.97 Å². The molecule has 1 aromatic carbocycles. The second-order valence-corrected chi connectivity index (χ2v) is 4.42. The molecule has 0 saturated carbocycles. The normalized spacial score (nSPS) is 18.9. The van der Waals surface area contributed by atoms with Gasteiger partial charge in [-0.25, -0.2) is 4.79 Å². The Labute approximate surface area is 104 Å². The van der Waals surface area contributed by atoms with Gasteiger partial charge in [-0.3, -0.25) is 10.1 Å². The second-order valence-electron chi connectivity index (χ2n) is 4.42. The largest absolute Gasteiger partial charge is 0.480 e. The lowest BCUT2D eigenvalue weighted by Crippen LogP contribution is -2.36. The second kappa shape index (κ2) is 4.64. The Balaban J connectivity index is 2.40. The molecule has 1 unspecified atom stereocenters. The van der Waals surface area contributed by atoms with Crippen molar-refractivity contribution in [2.45, 2.75) is 25.8 Å². The number of nitrogens with zero attached hydrogens (tertiary/aromatic N) is 2. The summed E-state index contributed by atoms with van der Waals surface area (Å²) >= 11 is 0. The van der Waals surface area contributed by atoms with Crippen LogP contribution < -0.4 is 4.90 Å². The number of hydrogen-bond donors (Lipinski definition) is 1. The van der Waals surface area contributed by atoms with Crippen molar-refractivity contribution in [1.29, 1.82) is 0 Å². The molecule has 1 fully saturated rings. The van der Waals surface area contributed by atoms with Crippen LogP contribution in [0.5, 0.6) is 0 Å². The summed E-state index contributed by atoms with van der Waals surface area (Å²) in [6.45, 7) is 2.45. The fourth-order valence-electron chi connectivity index (χ4n) is 2.33. The topological polar surface area (TPSA) is 83.7 Å². The summed E-state index contributed by atoms with van der Waals surface area (Å²) in [7, 11) is 0. The van der Waals surface area contributed by atoms with Gasteiger partial charge in [0.25, 0.3) is 5.69 Å². The maximum atomic E-state index is 11.1. The molecule has 1 saturated heterocycles. The lowest BCUT2D eigenvalue weighted by Gasteiger charge is -2.25. The highest BCUT2D eigenvalue weighted by atomic mass is 16.6. The minimum absolute atomic E-state index is 0.00774. The van der Waals surface area contributed by atoms with Crippen molar-refractivity contribution < 1.29 is 14.8 Å². The molecule has 18 heavy (non-hydrogen) atoms. The van der Waals surface area contributed by atoms with E-state index in [-0.39, 0.29) is 5.69 Å². The zero-order chi connectivity index (χ0) is 13.3. The van der Waals surface area contributed by atoms with E-state index < -0.39 is 16.9 Å². The SMILES string of the molecule is Cc1ccc([N+](=O)[O-])cc1N1CCCC1C(=O)O. The molecule has 0 aromatic heterocycles. The Morgan fingerprint density at radius 3 is 2.89 bits per heavy atom. The predicted molar refractivity (Wildman–Crippen MR) is 65.8 cm³/mol. The first kappa shape index (κ1) is 12.3. The van der Waals surface area contributed by atoms with E-state index in [9.17, 15) is 14.9 Å². The Morgan fingerprint density at radius 1 is 1.56 bits per heavy atom. The van der Waals surface area contributed by atoms with Crippen molar-refractivity contribution in [1.82, 2.24) is 0 Å². The van der Waals surface area contributed by atoms with Gasteiger partial charge in [0.05, 0.1) is 4.92 Å². The van der Waals surface area contributed by atoms with E-state index in [2.05, 4.69) is 0 Å². The maximum Gasteiger partial charge on any atom is 0.326 e. The molecule has 1 N–H and O–H groups in total. The van der Waals surface area contributed by atoms with Crippen LogP contribution in [-0.4, -0.2) is 28.6 Å². The number of aryl methyl sites for hydroxylation is 1. The molecule has 6 heteroatoms. The number of benzene rings is 1. The summed E-state index contributed by atoms with van der Waals surface area (Å²) in [5.74, 6) is -0.876. The number of rotatable bonds is 3. The molecular weight excluding hydrogens is 236 g/mol. The number of carboxylic acids is 1. The third kappa shape index (κ3) is 2.13. The summed E-state index contributed by atoms with van der Waals surface area (Å²) in [6.07, 6.45) is 1.37. The number of non-ortho nitro benzene ring substituents is 1. The average Bonchev–Trinajstić information content (AvgIpc) is 2.78. The van der Waals surface area contributed by atoms with E-state index >= 15 is 0 Å². The van der Waals surface area contributed by atoms with Gasteiger partial charge in [-0.2, -0.15) is 0 Å². The number of aliphatic carboxylic acids is 1. The van der Waals surface area contributed by atoms with Crippen molar-refractivity contribution in [3.05, 3.63) is 33.9 Å². The van der Waals surface area contributed by atoms with Crippen LogP contribution in [0.1, 0.15) is 18.4 Å². The van der Waals surface area contributed by atoms with Gasteiger partial charge in [0, 0.05) is 24.4 Å². The fraction of sp³-hybridized carbons (Fsp3) is 0.417. The fourth-order valence-corrected chi connectivity index (χ4v) is 2.33. The first-order valence-corrected chi connectivity index (χ1v) is 5.75. The van der Waals surface area contributed by atoms with E-state index in [1.54, 1.807) is 11.0 Å². The van der Waals surface area contributed by atoms with Crippen molar-refractivity contribution in [3.63, 3.8) is 0 Å². The zero-order valence-electron chi connectivity index (χ0n) is 10.00. The molecule has 6 nitrogen and oxygen atoms in total. The van der Waals surface area contributed by atoms with Crippen LogP contribution in [0.2, 0.25) is 0 Å². The van der Waals surface area contributed by atoms with E-state index in [1.807, 2.05) is 6.92 Å².